The minimum Gasteiger partial charge on any atom is -0.379 e. The van der Waals surface area contributed by atoms with Gasteiger partial charge in [-0.3, -0.25) is 4.90 Å². The van der Waals surface area contributed by atoms with Crippen LogP contribution in [0.15, 0.2) is 6.20 Å². The molecule has 18 heavy (non-hydrogen) atoms. The van der Waals surface area contributed by atoms with Crippen molar-refractivity contribution in [2.24, 2.45) is 0 Å². The van der Waals surface area contributed by atoms with Crippen LogP contribution in [0.2, 0.25) is 0 Å². The molecule has 3 atom stereocenters. The lowest BCUT2D eigenvalue weighted by molar-refractivity contribution is -0.0128. The van der Waals surface area contributed by atoms with Gasteiger partial charge >= 0.3 is 0 Å². The van der Waals surface area contributed by atoms with Gasteiger partial charge in [0.25, 0.3) is 0 Å². The molecule has 0 spiro atoms. The zero-order chi connectivity index (χ0) is 13.0. The lowest BCUT2D eigenvalue weighted by Gasteiger charge is -2.42. The molecule has 1 N–H and O–H groups in total. The first-order valence-electron chi connectivity index (χ1n) is 6.72. The quantitative estimate of drug-likeness (QED) is 0.701. The SMILES string of the molecule is C[C@@H]1CN(C=C=O)[C@@H](CN2CCOC[C@H]2C)CN1. The van der Waals surface area contributed by atoms with Crippen LogP contribution in [0.4, 0.5) is 0 Å². The first kappa shape index (κ1) is 13.6. The molecule has 0 aromatic carbocycles. The van der Waals surface area contributed by atoms with Gasteiger partial charge in [0.2, 0.25) is 0 Å². The van der Waals surface area contributed by atoms with Crippen molar-refractivity contribution in [2.75, 3.05) is 39.4 Å². The van der Waals surface area contributed by atoms with E-state index >= 15 is 0 Å². The maximum Gasteiger partial charge on any atom is 0.142 e. The van der Waals surface area contributed by atoms with Gasteiger partial charge in [0, 0.05) is 38.3 Å². The normalized spacial score (nSPS) is 34.1. The van der Waals surface area contributed by atoms with E-state index in [9.17, 15) is 4.79 Å². The van der Waals surface area contributed by atoms with Crippen LogP contribution < -0.4 is 5.32 Å². The molecule has 0 amide bonds. The predicted molar refractivity (Wildman–Crippen MR) is 70.1 cm³/mol. The fourth-order valence-electron chi connectivity index (χ4n) is 2.68. The van der Waals surface area contributed by atoms with E-state index in [4.69, 9.17) is 4.74 Å². The molecule has 2 aliphatic heterocycles. The van der Waals surface area contributed by atoms with Crippen molar-refractivity contribution in [3.63, 3.8) is 0 Å². The van der Waals surface area contributed by atoms with Gasteiger partial charge in [-0.1, -0.05) is 0 Å². The van der Waals surface area contributed by atoms with Crippen molar-refractivity contribution in [1.29, 1.82) is 0 Å². The van der Waals surface area contributed by atoms with Gasteiger partial charge in [-0.05, 0) is 13.8 Å². The third-order valence-corrected chi connectivity index (χ3v) is 3.82. The Bertz CT molecular complexity index is 317. The van der Waals surface area contributed by atoms with Crippen molar-refractivity contribution < 1.29 is 9.53 Å². The van der Waals surface area contributed by atoms with Crippen LogP contribution in [0.1, 0.15) is 13.8 Å². The number of hydrogen-bond donors (Lipinski definition) is 1. The summed E-state index contributed by atoms with van der Waals surface area (Å²) in [7, 11) is 0. The summed E-state index contributed by atoms with van der Waals surface area (Å²) in [5.41, 5.74) is 0. The zero-order valence-electron chi connectivity index (χ0n) is 11.3. The van der Waals surface area contributed by atoms with Crippen LogP contribution >= 0.6 is 0 Å². The van der Waals surface area contributed by atoms with Crippen molar-refractivity contribution in [3.05, 3.63) is 6.20 Å². The number of carbonyl (C=O) groups excluding carboxylic acids is 1. The molecule has 5 heteroatoms. The van der Waals surface area contributed by atoms with E-state index in [0.717, 1.165) is 39.4 Å². The number of rotatable bonds is 3. The summed E-state index contributed by atoms with van der Waals surface area (Å²) in [5, 5.41) is 3.48. The second kappa shape index (κ2) is 6.34. The number of nitrogens with zero attached hydrogens (tertiary/aromatic N) is 2. The van der Waals surface area contributed by atoms with Gasteiger partial charge in [0.05, 0.1) is 25.5 Å². The Morgan fingerprint density at radius 3 is 3.06 bits per heavy atom. The van der Waals surface area contributed by atoms with Crippen molar-refractivity contribution in [1.82, 2.24) is 15.1 Å². The average Bonchev–Trinajstić information content (AvgIpc) is 2.35. The van der Waals surface area contributed by atoms with Crippen LogP contribution in [0.5, 0.6) is 0 Å². The molecule has 0 aromatic heterocycles. The highest BCUT2D eigenvalue weighted by atomic mass is 16.5. The Labute approximate surface area is 109 Å². The summed E-state index contributed by atoms with van der Waals surface area (Å²) >= 11 is 0. The van der Waals surface area contributed by atoms with Crippen LogP contribution in [0, 0.1) is 0 Å². The second-order valence-electron chi connectivity index (χ2n) is 5.33. The van der Waals surface area contributed by atoms with Gasteiger partial charge < -0.3 is 15.0 Å². The molecule has 2 fully saturated rings. The lowest BCUT2D eigenvalue weighted by Crippen LogP contribution is -2.59. The van der Waals surface area contributed by atoms with Gasteiger partial charge in [0.1, 0.15) is 5.94 Å². The topological polar surface area (TPSA) is 44.8 Å². The molecule has 0 radical (unpaired) electrons. The monoisotopic (exact) mass is 253 g/mol. The van der Waals surface area contributed by atoms with Gasteiger partial charge in [0.15, 0.2) is 0 Å². The molecule has 2 aliphatic rings. The Hall–Kier alpha value is -0.870. The number of hydrogen-bond acceptors (Lipinski definition) is 5. The molecular formula is C13H23N3O2. The minimum absolute atomic E-state index is 0.350. The van der Waals surface area contributed by atoms with E-state index in [2.05, 4.69) is 29.0 Å². The molecule has 0 bridgehead atoms. The smallest absolute Gasteiger partial charge is 0.142 e. The highest BCUT2D eigenvalue weighted by molar-refractivity contribution is 5.44. The molecule has 0 unspecified atom stereocenters. The standard InChI is InChI=1S/C13H23N3O2/c1-11-8-16(3-5-17)13(7-14-11)9-15-4-6-18-10-12(15)2/h3,11-14H,4,6-10H2,1-2H3/t11-,12-,13-/m1/s1. The zero-order valence-corrected chi connectivity index (χ0v) is 11.3. The second-order valence-corrected chi connectivity index (χ2v) is 5.33. The maximum absolute atomic E-state index is 10.6. The minimum atomic E-state index is 0.350. The largest absolute Gasteiger partial charge is 0.379 e. The molecule has 2 rings (SSSR count). The van der Waals surface area contributed by atoms with Gasteiger partial charge in [-0.15, -0.1) is 0 Å². The van der Waals surface area contributed by atoms with E-state index in [0.29, 0.717) is 18.1 Å². The fraction of sp³-hybridized carbons (Fsp3) is 0.846. The molecule has 0 saturated carbocycles. The summed E-state index contributed by atoms with van der Waals surface area (Å²) in [6, 6.07) is 1.23. The van der Waals surface area contributed by atoms with E-state index in [1.165, 1.54) is 0 Å². The Morgan fingerprint density at radius 2 is 2.33 bits per heavy atom. The Balaban J connectivity index is 1.95. The first-order valence-corrected chi connectivity index (χ1v) is 6.72. The maximum atomic E-state index is 10.6. The van der Waals surface area contributed by atoms with Crippen LogP contribution in [-0.2, 0) is 9.53 Å². The van der Waals surface area contributed by atoms with Gasteiger partial charge in [-0.25, -0.2) is 4.79 Å². The van der Waals surface area contributed by atoms with Crippen LogP contribution in [0.3, 0.4) is 0 Å². The molecule has 5 nitrogen and oxygen atoms in total. The van der Waals surface area contributed by atoms with Crippen molar-refractivity contribution in [2.45, 2.75) is 32.0 Å². The number of nitrogens with one attached hydrogen (secondary N) is 1. The summed E-state index contributed by atoms with van der Waals surface area (Å²) in [6.07, 6.45) is 1.56. The van der Waals surface area contributed by atoms with Gasteiger partial charge in [-0.2, -0.15) is 0 Å². The molecule has 102 valence electrons. The van der Waals surface area contributed by atoms with Crippen molar-refractivity contribution >= 4 is 5.94 Å². The van der Waals surface area contributed by atoms with E-state index in [-0.39, 0.29) is 0 Å². The number of morpholine rings is 1. The number of ether oxygens (including phenoxy) is 1. The molecule has 0 aromatic rings. The van der Waals surface area contributed by atoms with Crippen molar-refractivity contribution in [3.8, 4) is 0 Å². The average molecular weight is 253 g/mol. The molecule has 2 saturated heterocycles. The fourth-order valence-corrected chi connectivity index (χ4v) is 2.68. The van der Waals surface area contributed by atoms with Crippen LogP contribution in [0.25, 0.3) is 0 Å². The highest BCUT2D eigenvalue weighted by Crippen LogP contribution is 2.13. The molecular weight excluding hydrogens is 230 g/mol. The number of piperazine rings is 1. The molecule has 0 aliphatic carbocycles. The third-order valence-electron chi connectivity index (χ3n) is 3.82. The molecule has 2 heterocycles. The Kier molecular flexibility index (Phi) is 4.78. The van der Waals surface area contributed by atoms with E-state index in [1.54, 1.807) is 6.20 Å². The van der Waals surface area contributed by atoms with E-state index in [1.807, 2.05) is 5.94 Å². The third kappa shape index (κ3) is 3.33. The predicted octanol–water partition coefficient (Wildman–Crippen LogP) is -0.285. The van der Waals surface area contributed by atoms with Crippen LogP contribution in [-0.4, -0.2) is 73.3 Å². The van der Waals surface area contributed by atoms with E-state index < -0.39 is 0 Å². The Morgan fingerprint density at radius 1 is 1.50 bits per heavy atom. The highest BCUT2D eigenvalue weighted by Gasteiger charge is 2.28. The summed E-state index contributed by atoms with van der Waals surface area (Å²) < 4.78 is 5.45. The summed E-state index contributed by atoms with van der Waals surface area (Å²) in [6.45, 7) is 9.69. The summed E-state index contributed by atoms with van der Waals surface area (Å²) in [4.78, 5) is 15.2. The lowest BCUT2D eigenvalue weighted by atomic mass is 10.1. The first-order chi connectivity index (χ1) is 8.70. The summed E-state index contributed by atoms with van der Waals surface area (Å²) in [5.74, 6) is 1.92.